The van der Waals surface area contributed by atoms with Gasteiger partial charge in [0.1, 0.15) is 6.61 Å². The molecule has 14 heavy (non-hydrogen) atoms. The molecule has 0 aliphatic heterocycles. The average molecular weight is 212 g/mol. The summed E-state index contributed by atoms with van der Waals surface area (Å²) in [4.78, 5) is 3.30. The third-order valence-corrected chi connectivity index (χ3v) is 1.28. The first-order chi connectivity index (χ1) is 6.91. The summed E-state index contributed by atoms with van der Waals surface area (Å²) < 4.78 is 26.1. The van der Waals surface area contributed by atoms with Gasteiger partial charge < -0.3 is 19.3 Å². The summed E-state index contributed by atoms with van der Waals surface area (Å²) in [5.74, 6) is 0. The minimum absolute atomic E-state index is 0.0202. The van der Waals surface area contributed by atoms with Crippen molar-refractivity contribution in [2.75, 3.05) is 52.9 Å². The fourth-order valence-corrected chi connectivity index (χ4v) is 0.697. The van der Waals surface area contributed by atoms with Crippen molar-refractivity contribution in [3.63, 3.8) is 0 Å². The van der Waals surface area contributed by atoms with Crippen molar-refractivity contribution in [2.24, 2.45) is 0 Å². The molecule has 0 aromatic carbocycles. The topological polar surface area (TPSA) is 57.2 Å². The van der Waals surface area contributed by atoms with E-state index in [1.807, 2.05) is 0 Å². The molecule has 0 aromatic heterocycles. The number of aliphatic hydroxyl groups is 1. The fourth-order valence-electron chi connectivity index (χ4n) is 0.697. The normalized spacial score (nSPS) is 10.7. The maximum atomic E-state index is 11.1. The van der Waals surface area contributed by atoms with E-state index < -0.39 is 0 Å². The van der Waals surface area contributed by atoms with Gasteiger partial charge in [-0.2, -0.15) is 4.94 Å². The predicted molar refractivity (Wildman–Crippen MR) is 46.6 cm³/mol. The third kappa shape index (κ3) is 11.7. The van der Waals surface area contributed by atoms with E-state index in [2.05, 4.69) is 4.94 Å². The molecule has 0 spiro atoms. The number of hydrogen-bond donors (Lipinski definition) is 1. The summed E-state index contributed by atoms with van der Waals surface area (Å²) in [5, 5.41) is 8.36. The molecule has 0 fully saturated rings. The molecule has 0 aliphatic carbocycles. The van der Waals surface area contributed by atoms with Crippen LogP contribution in [0.3, 0.4) is 0 Å². The zero-order valence-corrected chi connectivity index (χ0v) is 8.12. The molecular formula is C8H17FO5. The Labute approximate surface area is 82.6 Å². The maximum Gasteiger partial charge on any atom is 0.111 e. The molecule has 0 aromatic rings. The molecule has 5 nitrogen and oxygen atoms in total. The first-order valence-corrected chi connectivity index (χ1v) is 4.49. The summed E-state index contributed by atoms with van der Waals surface area (Å²) in [5.41, 5.74) is 0. The molecule has 0 amide bonds. The highest BCUT2D eigenvalue weighted by molar-refractivity contribution is 4.33. The molecule has 0 atom stereocenters. The molecular weight excluding hydrogens is 195 g/mol. The van der Waals surface area contributed by atoms with Crippen LogP contribution in [0.5, 0.6) is 0 Å². The van der Waals surface area contributed by atoms with Gasteiger partial charge in [-0.15, -0.1) is 0 Å². The Morgan fingerprint density at radius 1 is 0.714 bits per heavy atom. The Morgan fingerprint density at radius 2 is 1.14 bits per heavy atom. The van der Waals surface area contributed by atoms with E-state index in [1.165, 1.54) is 0 Å². The molecule has 0 radical (unpaired) electrons. The summed E-state index contributed by atoms with van der Waals surface area (Å²) >= 11 is 0. The smallest absolute Gasteiger partial charge is 0.111 e. The Morgan fingerprint density at radius 3 is 1.57 bits per heavy atom. The number of halogens is 1. The molecule has 86 valence electrons. The highest BCUT2D eigenvalue weighted by atomic mass is 19.3. The minimum atomic E-state index is -0.0559. The lowest BCUT2D eigenvalue weighted by Crippen LogP contribution is -2.11. The molecule has 0 saturated heterocycles. The number of hydrogen-bond acceptors (Lipinski definition) is 5. The van der Waals surface area contributed by atoms with Gasteiger partial charge in [-0.05, 0) is 4.53 Å². The summed E-state index contributed by atoms with van der Waals surface area (Å²) in [6.07, 6.45) is 0. The second-order valence-electron chi connectivity index (χ2n) is 2.37. The van der Waals surface area contributed by atoms with Gasteiger partial charge in [-0.25, -0.2) is 0 Å². The molecule has 0 unspecified atom stereocenters. The van der Waals surface area contributed by atoms with Gasteiger partial charge in [0.25, 0.3) is 0 Å². The molecule has 6 heteroatoms. The van der Waals surface area contributed by atoms with Gasteiger partial charge in [-0.1, -0.05) is 0 Å². The second kappa shape index (κ2) is 12.7. The van der Waals surface area contributed by atoms with Crippen LogP contribution in [0.4, 0.5) is 4.53 Å². The lowest BCUT2D eigenvalue weighted by atomic mass is 10.7. The van der Waals surface area contributed by atoms with Crippen molar-refractivity contribution in [3.05, 3.63) is 0 Å². The summed E-state index contributed by atoms with van der Waals surface area (Å²) in [7, 11) is 0. The summed E-state index contributed by atoms with van der Waals surface area (Å²) in [6.45, 7) is 2.27. The summed E-state index contributed by atoms with van der Waals surface area (Å²) in [6, 6.07) is 0. The quantitative estimate of drug-likeness (QED) is 0.486. The van der Waals surface area contributed by atoms with Crippen LogP contribution in [0.2, 0.25) is 0 Å². The van der Waals surface area contributed by atoms with Gasteiger partial charge in [0.15, 0.2) is 0 Å². The zero-order valence-electron chi connectivity index (χ0n) is 8.12. The average Bonchev–Trinajstić information content (AvgIpc) is 2.21. The molecule has 0 rings (SSSR count). The van der Waals surface area contributed by atoms with Gasteiger partial charge in [-0.3, -0.25) is 0 Å². The van der Waals surface area contributed by atoms with E-state index in [1.54, 1.807) is 0 Å². The molecule has 0 aliphatic rings. The van der Waals surface area contributed by atoms with Crippen LogP contribution < -0.4 is 0 Å². The zero-order chi connectivity index (χ0) is 10.5. The molecule has 1 N–H and O–H groups in total. The van der Waals surface area contributed by atoms with Crippen LogP contribution in [0.15, 0.2) is 0 Å². The van der Waals surface area contributed by atoms with Gasteiger partial charge in [0.05, 0.1) is 46.2 Å². The lowest BCUT2D eigenvalue weighted by Gasteiger charge is -2.05. The first-order valence-electron chi connectivity index (χ1n) is 4.49. The van der Waals surface area contributed by atoms with Crippen LogP contribution in [-0.2, 0) is 19.2 Å². The van der Waals surface area contributed by atoms with E-state index in [4.69, 9.17) is 19.3 Å². The van der Waals surface area contributed by atoms with Crippen molar-refractivity contribution >= 4 is 0 Å². The second-order valence-corrected chi connectivity index (χ2v) is 2.37. The van der Waals surface area contributed by atoms with Gasteiger partial charge in [0.2, 0.25) is 0 Å². The van der Waals surface area contributed by atoms with Crippen molar-refractivity contribution in [1.29, 1.82) is 0 Å². The highest BCUT2D eigenvalue weighted by Gasteiger charge is 1.91. The Hall–Kier alpha value is -0.270. The van der Waals surface area contributed by atoms with Gasteiger partial charge in [0, 0.05) is 0 Å². The van der Waals surface area contributed by atoms with Crippen molar-refractivity contribution in [2.45, 2.75) is 0 Å². The number of rotatable bonds is 11. The van der Waals surface area contributed by atoms with E-state index in [0.29, 0.717) is 33.0 Å². The standard InChI is InChI=1S/C8H17FO5/c9-14-8-7-13-6-5-12-4-3-11-2-1-10/h10H,1-8H2. The SMILES string of the molecule is OCCOCCOCCOCCOF. The number of ether oxygens (including phenoxy) is 3. The largest absolute Gasteiger partial charge is 0.394 e. The molecule has 0 bridgehead atoms. The number of aliphatic hydroxyl groups excluding tert-OH is 1. The Kier molecular flexibility index (Phi) is 12.5. The van der Waals surface area contributed by atoms with Crippen LogP contribution in [0.1, 0.15) is 0 Å². The Bertz CT molecular complexity index is 91.7. The third-order valence-electron chi connectivity index (χ3n) is 1.28. The van der Waals surface area contributed by atoms with Crippen LogP contribution in [0, 0.1) is 0 Å². The molecule has 0 saturated carbocycles. The van der Waals surface area contributed by atoms with Crippen molar-refractivity contribution < 1.29 is 28.8 Å². The fraction of sp³-hybridized carbons (Fsp3) is 1.00. The van der Waals surface area contributed by atoms with E-state index in [9.17, 15) is 4.53 Å². The lowest BCUT2D eigenvalue weighted by molar-refractivity contribution is -0.147. The minimum Gasteiger partial charge on any atom is -0.394 e. The van der Waals surface area contributed by atoms with E-state index in [-0.39, 0.29) is 19.8 Å². The van der Waals surface area contributed by atoms with E-state index >= 15 is 0 Å². The van der Waals surface area contributed by atoms with Crippen LogP contribution >= 0.6 is 0 Å². The maximum absolute atomic E-state index is 11.1. The van der Waals surface area contributed by atoms with Gasteiger partial charge >= 0.3 is 0 Å². The van der Waals surface area contributed by atoms with E-state index in [0.717, 1.165) is 0 Å². The van der Waals surface area contributed by atoms with Crippen LogP contribution in [0.25, 0.3) is 0 Å². The predicted octanol–water partition coefficient (Wildman–Crippen LogP) is -0.0704. The molecule has 0 heterocycles. The van der Waals surface area contributed by atoms with Crippen molar-refractivity contribution in [3.8, 4) is 0 Å². The Balaban J connectivity index is 2.78. The van der Waals surface area contributed by atoms with Crippen molar-refractivity contribution in [1.82, 2.24) is 0 Å². The first kappa shape index (κ1) is 13.7. The van der Waals surface area contributed by atoms with Crippen LogP contribution in [-0.4, -0.2) is 58.0 Å². The highest BCUT2D eigenvalue weighted by Crippen LogP contribution is 1.82. The monoisotopic (exact) mass is 212 g/mol.